The van der Waals surface area contributed by atoms with Crippen molar-refractivity contribution in [2.45, 2.75) is 25.0 Å². The smallest absolute Gasteiger partial charge is 0.407 e. The Morgan fingerprint density at radius 2 is 2.16 bits per heavy atom. The molecule has 1 aromatic carbocycles. The molecular formula is C14H21N3O2. The number of likely N-dealkylation sites (tertiary alicyclic amines) is 1. The number of rotatable bonds is 4. The fourth-order valence-corrected chi connectivity index (χ4v) is 2.65. The lowest BCUT2D eigenvalue weighted by Gasteiger charge is -2.23. The van der Waals surface area contributed by atoms with Gasteiger partial charge in [0.15, 0.2) is 0 Å². The van der Waals surface area contributed by atoms with Gasteiger partial charge in [-0.15, -0.1) is 0 Å². The quantitative estimate of drug-likeness (QED) is 0.856. The molecule has 2 unspecified atom stereocenters. The minimum atomic E-state index is -0.873. The average molecular weight is 263 g/mol. The zero-order chi connectivity index (χ0) is 13.8. The van der Waals surface area contributed by atoms with Gasteiger partial charge >= 0.3 is 6.09 Å². The minimum absolute atomic E-state index is 0.0368. The van der Waals surface area contributed by atoms with E-state index in [2.05, 4.69) is 17.0 Å². The number of hydrogen-bond acceptors (Lipinski definition) is 3. The molecule has 1 heterocycles. The van der Waals surface area contributed by atoms with Crippen molar-refractivity contribution in [3.63, 3.8) is 0 Å². The van der Waals surface area contributed by atoms with Crippen LogP contribution >= 0.6 is 0 Å². The second kappa shape index (κ2) is 6.04. The third-order valence-corrected chi connectivity index (χ3v) is 3.86. The molecule has 0 spiro atoms. The highest BCUT2D eigenvalue weighted by Gasteiger charge is 2.34. The number of carbonyl (C=O) groups is 1. The number of carboxylic acid groups (broad SMARTS) is 1. The molecule has 1 aliphatic rings. The second-order valence-corrected chi connectivity index (χ2v) is 5.09. The molecule has 0 saturated carbocycles. The summed E-state index contributed by atoms with van der Waals surface area (Å²) < 4.78 is 0. The Morgan fingerprint density at radius 1 is 1.47 bits per heavy atom. The maximum Gasteiger partial charge on any atom is 0.407 e. The highest BCUT2D eigenvalue weighted by atomic mass is 16.4. The molecule has 1 saturated heterocycles. The van der Waals surface area contributed by atoms with Crippen molar-refractivity contribution in [2.24, 2.45) is 5.73 Å². The van der Waals surface area contributed by atoms with Crippen LogP contribution in [0.15, 0.2) is 30.3 Å². The van der Waals surface area contributed by atoms with Crippen molar-refractivity contribution in [3.05, 3.63) is 35.9 Å². The Morgan fingerprint density at radius 3 is 2.74 bits per heavy atom. The summed E-state index contributed by atoms with van der Waals surface area (Å²) in [5.41, 5.74) is 7.04. The van der Waals surface area contributed by atoms with Gasteiger partial charge in [-0.1, -0.05) is 30.3 Å². The lowest BCUT2D eigenvalue weighted by Crippen LogP contribution is -2.38. The molecule has 3 N–H and O–H groups in total. The fraction of sp³-hybridized carbons (Fsp3) is 0.500. The van der Waals surface area contributed by atoms with E-state index in [0.29, 0.717) is 6.54 Å². The lowest BCUT2D eigenvalue weighted by atomic mass is 10.1. The first kappa shape index (κ1) is 13.8. The maximum atomic E-state index is 11.0. The number of benzene rings is 1. The standard InChI is InChI=1S/C14H21N3O2/c1-16(14(18)19)13-7-12(8-15)17(10-13)9-11-5-3-2-4-6-11/h2-6,12-13H,7-10,15H2,1H3,(H,18,19). The van der Waals surface area contributed by atoms with Crippen LogP contribution in [-0.2, 0) is 6.54 Å². The van der Waals surface area contributed by atoms with Crippen LogP contribution in [0.2, 0.25) is 0 Å². The van der Waals surface area contributed by atoms with E-state index >= 15 is 0 Å². The van der Waals surface area contributed by atoms with Crippen LogP contribution in [-0.4, -0.2) is 53.2 Å². The van der Waals surface area contributed by atoms with Crippen LogP contribution in [0, 0.1) is 0 Å². The largest absolute Gasteiger partial charge is 0.465 e. The highest BCUT2D eigenvalue weighted by molar-refractivity contribution is 5.65. The van der Waals surface area contributed by atoms with E-state index in [1.165, 1.54) is 10.5 Å². The van der Waals surface area contributed by atoms with Crippen LogP contribution in [0.4, 0.5) is 4.79 Å². The van der Waals surface area contributed by atoms with Gasteiger partial charge in [0.05, 0.1) is 0 Å². The van der Waals surface area contributed by atoms with Gasteiger partial charge in [-0.05, 0) is 12.0 Å². The summed E-state index contributed by atoms with van der Waals surface area (Å²) >= 11 is 0. The zero-order valence-electron chi connectivity index (χ0n) is 11.2. The Bertz CT molecular complexity index is 424. The Balaban J connectivity index is 2.02. The first-order chi connectivity index (χ1) is 9.11. The molecule has 0 aromatic heterocycles. The Labute approximate surface area is 113 Å². The van der Waals surface area contributed by atoms with E-state index in [9.17, 15) is 4.79 Å². The van der Waals surface area contributed by atoms with Gasteiger partial charge in [0.2, 0.25) is 0 Å². The topological polar surface area (TPSA) is 69.8 Å². The van der Waals surface area contributed by atoms with Crippen LogP contribution in [0.1, 0.15) is 12.0 Å². The summed E-state index contributed by atoms with van der Waals surface area (Å²) in [5, 5.41) is 9.05. The van der Waals surface area contributed by atoms with Gasteiger partial charge in [0.25, 0.3) is 0 Å². The maximum absolute atomic E-state index is 11.0. The third-order valence-electron chi connectivity index (χ3n) is 3.86. The summed E-state index contributed by atoms with van der Waals surface area (Å²) in [7, 11) is 1.63. The molecule has 0 radical (unpaired) electrons. The summed E-state index contributed by atoms with van der Waals surface area (Å²) in [6, 6.07) is 10.5. The molecule has 1 fully saturated rings. The number of likely N-dealkylation sites (N-methyl/N-ethyl adjacent to an activating group) is 1. The van der Waals surface area contributed by atoms with E-state index in [1.807, 2.05) is 18.2 Å². The normalized spacial score (nSPS) is 23.5. The van der Waals surface area contributed by atoms with Gasteiger partial charge in [-0.25, -0.2) is 4.79 Å². The third kappa shape index (κ3) is 3.24. The van der Waals surface area contributed by atoms with Gasteiger partial charge < -0.3 is 15.7 Å². The Hall–Kier alpha value is -1.59. The molecule has 19 heavy (non-hydrogen) atoms. The van der Waals surface area contributed by atoms with E-state index < -0.39 is 6.09 Å². The van der Waals surface area contributed by atoms with Gasteiger partial charge in [-0.3, -0.25) is 4.90 Å². The predicted molar refractivity (Wildman–Crippen MR) is 73.9 cm³/mol. The summed E-state index contributed by atoms with van der Waals surface area (Å²) in [5.74, 6) is 0. The van der Waals surface area contributed by atoms with Crippen LogP contribution in [0.3, 0.4) is 0 Å². The molecule has 1 aromatic rings. The molecule has 5 nitrogen and oxygen atoms in total. The second-order valence-electron chi connectivity index (χ2n) is 5.09. The van der Waals surface area contributed by atoms with Crippen LogP contribution < -0.4 is 5.73 Å². The van der Waals surface area contributed by atoms with E-state index in [1.54, 1.807) is 7.05 Å². The number of hydrogen-bond donors (Lipinski definition) is 2. The van der Waals surface area contributed by atoms with Crippen molar-refractivity contribution in [2.75, 3.05) is 20.1 Å². The van der Waals surface area contributed by atoms with Crippen LogP contribution in [0.25, 0.3) is 0 Å². The molecule has 104 valence electrons. The molecule has 1 aliphatic heterocycles. The molecule has 0 aliphatic carbocycles. The van der Waals surface area contributed by atoms with Crippen LogP contribution in [0.5, 0.6) is 0 Å². The molecular weight excluding hydrogens is 242 g/mol. The summed E-state index contributed by atoms with van der Waals surface area (Å²) in [6.45, 7) is 2.14. The number of nitrogens with zero attached hydrogens (tertiary/aromatic N) is 2. The zero-order valence-corrected chi connectivity index (χ0v) is 11.2. The number of amides is 1. The lowest BCUT2D eigenvalue weighted by molar-refractivity contribution is 0.138. The summed E-state index contributed by atoms with van der Waals surface area (Å²) in [4.78, 5) is 14.7. The van der Waals surface area contributed by atoms with Gasteiger partial charge in [0, 0.05) is 38.8 Å². The molecule has 5 heteroatoms. The van der Waals surface area contributed by atoms with Gasteiger partial charge in [0.1, 0.15) is 0 Å². The first-order valence-electron chi connectivity index (χ1n) is 6.55. The molecule has 2 rings (SSSR count). The average Bonchev–Trinajstić information content (AvgIpc) is 2.82. The highest BCUT2D eigenvalue weighted by Crippen LogP contribution is 2.23. The van der Waals surface area contributed by atoms with Crippen molar-refractivity contribution in [1.82, 2.24) is 9.80 Å². The van der Waals surface area contributed by atoms with Gasteiger partial charge in [-0.2, -0.15) is 0 Å². The SMILES string of the molecule is CN(C(=O)O)C1CC(CN)N(Cc2ccccc2)C1. The van der Waals surface area contributed by atoms with Crippen molar-refractivity contribution in [3.8, 4) is 0 Å². The van der Waals surface area contributed by atoms with E-state index in [-0.39, 0.29) is 12.1 Å². The molecule has 0 bridgehead atoms. The first-order valence-corrected chi connectivity index (χ1v) is 6.55. The van der Waals surface area contributed by atoms with Crippen molar-refractivity contribution >= 4 is 6.09 Å². The predicted octanol–water partition coefficient (Wildman–Crippen LogP) is 1.20. The Kier molecular flexibility index (Phi) is 4.39. The molecule has 1 amide bonds. The van der Waals surface area contributed by atoms with E-state index in [4.69, 9.17) is 10.8 Å². The minimum Gasteiger partial charge on any atom is -0.465 e. The number of nitrogens with two attached hydrogens (primary N) is 1. The van der Waals surface area contributed by atoms with Crippen molar-refractivity contribution < 1.29 is 9.90 Å². The summed E-state index contributed by atoms with van der Waals surface area (Å²) in [6.07, 6.45) is -0.0612. The van der Waals surface area contributed by atoms with E-state index in [0.717, 1.165) is 19.5 Å². The van der Waals surface area contributed by atoms with Crippen molar-refractivity contribution in [1.29, 1.82) is 0 Å². The monoisotopic (exact) mass is 263 g/mol. The molecule has 2 atom stereocenters. The fourth-order valence-electron chi connectivity index (χ4n) is 2.65.